The number of hydrogen-bond acceptors (Lipinski definition) is 5. The molecule has 144 valence electrons. The van der Waals surface area contributed by atoms with E-state index >= 15 is 0 Å². The van der Waals surface area contributed by atoms with E-state index < -0.39 is 6.10 Å². The van der Waals surface area contributed by atoms with Crippen molar-refractivity contribution in [2.45, 2.75) is 19.4 Å². The van der Waals surface area contributed by atoms with Crippen LogP contribution >= 0.6 is 0 Å². The molecule has 2 aromatic rings. The summed E-state index contributed by atoms with van der Waals surface area (Å²) < 4.78 is 10.9. The molecule has 2 heterocycles. The summed E-state index contributed by atoms with van der Waals surface area (Å²) in [6.45, 7) is 4.44. The van der Waals surface area contributed by atoms with Crippen molar-refractivity contribution in [3.8, 4) is 5.75 Å². The summed E-state index contributed by atoms with van der Waals surface area (Å²) in [5.74, 6) is 0.595. The van der Waals surface area contributed by atoms with E-state index in [9.17, 15) is 9.90 Å². The number of β-amino-alcohol motifs (C(OH)–C–C–N with tert-alkyl or cyclic N) is 1. The summed E-state index contributed by atoms with van der Waals surface area (Å²) in [6.07, 6.45) is 3.70. The third kappa shape index (κ3) is 5.28. The van der Waals surface area contributed by atoms with Crippen molar-refractivity contribution in [1.82, 2.24) is 9.88 Å². The first-order valence-electron chi connectivity index (χ1n) is 9.34. The highest BCUT2D eigenvalue weighted by Crippen LogP contribution is 2.24. The van der Waals surface area contributed by atoms with Crippen LogP contribution in [0.1, 0.15) is 22.8 Å². The monoisotopic (exact) mass is 370 g/mol. The lowest BCUT2D eigenvalue weighted by atomic mass is 9.97. The van der Waals surface area contributed by atoms with Gasteiger partial charge in [-0.15, -0.1) is 0 Å². The SMILES string of the molecule is CCOCCOc1cccc(C(=O)N2C[C@@H](Cc3ccncc3)[C@H](O)C2)c1. The van der Waals surface area contributed by atoms with Gasteiger partial charge in [-0.1, -0.05) is 6.07 Å². The Labute approximate surface area is 159 Å². The maximum absolute atomic E-state index is 12.8. The molecule has 3 rings (SSSR count). The minimum Gasteiger partial charge on any atom is -0.491 e. The smallest absolute Gasteiger partial charge is 0.254 e. The van der Waals surface area contributed by atoms with Crippen LogP contribution < -0.4 is 4.74 Å². The molecule has 0 bridgehead atoms. The number of carbonyl (C=O) groups is 1. The highest BCUT2D eigenvalue weighted by Gasteiger charge is 2.34. The fourth-order valence-electron chi connectivity index (χ4n) is 3.31. The molecule has 0 radical (unpaired) electrons. The van der Waals surface area contributed by atoms with Gasteiger partial charge in [0.1, 0.15) is 12.4 Å². The molecule has 0 unspecified atom stereocenters. The van der Waals surface area contributed by atoms with Crippen molar-refractivity contribution in [3.05, 3.63) is 59.9 Å². The third-order valence-corrected chi connectivity index (χ3v) is 4.72. The van der Waals surface area contributed by atoms with Gasteiger partial charge >= 0.3 is 0 Å². The Kier molecular flexibility index (Phi) is 6.79. The van der Waals surface area contributed by atoms with E-state index in [-0.39, 0.29) is 11.8 Å². The average Bonchev–Trinajstić information content (AvgIpc) is 3.06. The molecule has 1 N–H and O–H groups in total. The van der Waals surface area contributed by atoms with E-state index in [2.05, 4.69) is 4.98 Å². The summed E-state index contributed by atoms with van der Waals surface area (Å²) in [5.41, 5.74) is 1.69. The lowest BCUT2D eigenvalue weighted by Gasteiger charge is -2.17. The van der Waals surface area contributed by atoms with Gasteiger partial charge in [0.2, 0.25) is 0 Å². The van der Waals surface area contributed by atoms with Crippen molar-refractivity contribution >= 4 is 5.91 Å². The maximum Gasteiger partial charge on any atom is 0.254 e. The number of nitrogens with zero attached hydrogens (tertiary/aromatic N) is 2. The van der Waals surface area contributed by atoms with Gasteiger partial charge in [0, 0.05) is 43.6 Å². The van der Waals surface area contributed by atoms with Crippen LogP contribution in [-0.4, -0.2) is 59.9 Å². The number of benzene rings is 1. The predicted octanol–water partition coefficient (Wildman–Crippen LogP) is 2.17. The summed E-state index contributed by atoms with van der Waals surface area (Å²) >= 11 is 0. The average molecular weight is 370 g/mol. The summed E-state index contributed by atoms with van der Waals surface area (Å²) in [6, 6.07) is 11.1. The second-order valence-corrected chi connectivity index (χ2v) is 6.67. The second-order valence-electron chi connectivity index (χ2n) is 6.67. The molecule has 0 saturated carbocycles. The quantitative estimate of drug-likeness (QED) is 0.721. The molecular weight excluding hydrogens is 344 g/mol. The van der Waals surface area contributed by atoms with E-state index in [4.69, 9.17) is 9.47 Å². The molecule has 1 fully saturated rings. The third-order valence-electron chi connectivity index (χ3n) is 4.72. The zero-order valence-corrected chi connectivity index (χ0v) is 15.6. The molecule has 1 aliphatic rings. The number of rotatable bonds is 8. The van der Waals surface area contributed by atoms with Gasteiger partial charge in [0.25, 0.3) is 5.91 Å². The molecule has 6 heteroatoms. The fraction of sp³-hybridized carbons (Fsp3) is 0.429. The number of amides is 1. The van der Waals surface area contributed by atoms with Crippen LogP contribution in [0.15, 0.2) is 48.8 Å². The Balaban J connectivity index is 1.59. The van der Waals surface area contributed by atoms with E-state index in [0.29, 0.717) is 44.2 Å². The zero-order valence-electron chi connectivity index (χ0n) is 15.6. The number of pyridine rings is 1. The number of likely N-dealkylation sites (tertiary alicyclic amines) is 1. The van der Waals surface area contributed by atoms with Gasteiger partial charge in [-0.2, -0.15) is 0 Å². The standard InChI is InChI=1S/C21H26N2O4/c1-2-26-10-11-27-19-5-3-4-17(13-19)21(25)23-14-18(20(24)15-23)12-16-6-8-22-9-7-16/h3-9,13,18,20,24H,2,10-12,14-15H2,1H3/t18-,20-/m1/s1. The maximum atomic E-state index is 12.8. The van der Waals surface area contributed by atoms with Gasteiger partial charge in [0.05, 0.1) is 12.7 Å². The Morgan fingerprint density at radius 3 is 2.81 bits per heavy atom. The molecule has 2 atom stereocenters. The number of ether oxygens (including phenoxy) is 2. The number of carbonyl (C=O) groups excluding carboxylic acids is 1. The molecule has 1 amide bonds. The molecule has 1 aromatic heterocycles. The van der Waals surface area contributed by atoms with E-state index in [1.165, 1.54) is 0 Å². The lowest BCUT2D eigenvalue weighted by Crippen LogP contribution is -2.29. The highest BCUT2D eigenvalue weighted by molar-refractivity contribution is 5.94. The van der Waals surface area contributed by atoms with Gasteiger partial charge in [-0.05, 0) is 49.2 Å². The minimum atomic E-state index is -0.521. The van der Waals surface area contributed by atoms with Crippen LogP contribution in [0.4, 0.5) is 0 Å². The number of aliphatic hydroxyl groups excluding tert-OH is 1. The molecule has 27 heavy (non-hydrogen) atoms. The summed E-state index contributed by atoms with van der Waals surface area (Å²) in [5, 5.41) is 10.4. The molecule has 0 spiro atoms. The largest absolute Gasteiger partial charge is 0.491 e. The lowest BCUT2D eigenvalue weighted by molar-refractivity contribution is 0.0764. The van der Waals surface area contributed by atoms with Crippen LogP contribution in [0.25, 0.3) is 0 Å². The first kappa shape index (κ1) is 19.3. The van der Waals surface area contributed by atoms with E-state index in [1.54, 1.807) is 29.4 Å². The molecule has 6 nitrogen and oxygen atoms in total. The molecule has 0 aliphatic carbocycles. The van der Waals surface area contributed by atoms with Crippen LogP contribution in [0.3, 0.4) is 0 Å². The van der Waals surface area contributed by atoms with Crippen molar-refractivity contribution < 1.29 is 19.4 Å². The Hall–Kier alpha value is -2.44. The van der Waals surface area contributed by atoms with E-state index in [0.717, 1.165) is 12.0 Å². The molecular formula is C21H26N2O4. The normalized spacial score (nSPS) is 19.3. The minimum absolute atomic E-state index is 0.0296. The van der Waals surface area contributed by atoms with Crippen molar-refractivity contribution in [2.24, 2.45) is 5.92 Å². The first-order valence-corrected chi connectivity index (χ1v) is 9.34. The van der Waals surface area contributed by atoms with E-state index in [1.807, 2.05) is 31.2 Å². The fourth-order valence-corrected chi connectivity index (χ4v) is 3.31. The van der Waals surface area contributed by atoms with Gasteiger partial charge in [0.15, 0.2) is 0 Å². The Bertz CT molecular complexity index is 738. The molecule has 1 aromatic carbocycles. The van der Waals surface area contributed by atoms with Gasteiger partial charge < -0.3 is 19.5 Å². The van der Waals surface area contributed by atoms with Crippen molar-refractivity contribution in [1.29, 1.82) is 0 Å². The van der Waals surface area contributed by atoms with Crippen LogP contribution in [0.5, 0.6) is 5.75 Å². The summed E-state index contributed by atoms with van der Waals surface area (Å²) in [4.78, 5) is 18.6. The predicted molar refractivity (Wildman–Crippen MR) is 102 cm³/mol. The number of aliphatic hydroxyl groups is 1. The second kappa shape index (κ2) is 9.48. The Morgan fingerprint density at radius 1 is 1.22 bits per heavy atom. The van der Waals surface area contributed by atoms with Crippen molar-refractivity contribution in [2.75, 3.05) is 32.9 Å². The zero-order chi connectivity index (χ0) is 19.1. The van der Waals surface area contributed by atoms with Crippen LogP contribution in [0, 0.1) is 5.92 Å². The van der Waals surface area contributed by atoms with Gasteiger partial charge in [-0.3, -0.25) is 9.78 Å². The topological polar surface area (TPSA) is 71.9 Å². The molecule has 1 aliphatic heterocycles. The van der Waals surface area contributed by atoms with Gasteiger partial charge in [-0.25, -0.2) is 0 Å². The van der Waals surface area contributed by atoms with Crippen LogP contribution in [0.2, 0.25) is 0 Å². The van der Waals surface area contributed by atoms with Crippen LogP contribution in [-0.2, 0) is 11.2 Å². The molecule has 1 saturated heterocycles. The summed E-state index contributed by atoms with van der Waals surface area (Å²) in [7, 11) is 0. The highest BCUT2D eigenvalue weighted by atomic mass is 16.5. The first-order chi connectivity index (χ1) is 13.2. The number of aromatic nitrogens is 1. The van der Waals surface area contributed by atoms with Crippen molar-refractivity contribution in [3.63, 3.8) is 0 Å². The number of hydrogen-bond donors (Lipinski definition) is 1. The Morgan fingerprint density at radius 2 is 2.04 bits per heavy atom.